The number of aryl methyl sites for hydroxylation is 2. The molecule has 1 N–H and O–H groups in total. The highest BCUT2D eigenvalue weighted by Crippen LogP contribution is 2.24. The van der Waals surface area contributed by atoms with Crippen molar-refractivity contribution in [3.8, 4) is 11.5 Å². The van der Waals surface area contributed by atoms with Gasteiger partial charge in [-0.1, -0.05) is 36.4 Å². The number of benzene rings is 2. The molecule has 30 heavy (non-hydrogen) atoms. The first-order valence-corrected chi connectivity index (χ1v) is 11.2. The van der Waals surface area contributed by atoms with E-state index >= 15 is 0 Å². The lowest BCUT2D eigenvalue weighted by Crippen LogP contribution is -2.47. The zero-order chi connectivity index (χ0) is 21.0. The van der Waals surface area contributed by atoms with Gasteiger partial charge in [0.25, 0.3) is 0 Å². The maximum atomic E-state index is 9.04. The first-order chi connectivity index (χ1) is 14.8. The van der Waals surface area contributed by atoms with Gasteiger partial charge in [0, 0.05) is 32.7 Å². The Balaban J connectivity index is 1.38. The molecule has 0 bridgehead atoms. The summed E-state index contributed by atoms with van der Waals surface area (Å²) < 4.78 is 11.6. The topological polar surface area (TPSA) is 45.2 Å². The molecule has 1 aliphatic heterocycles. The predicted molar refractivity (Wildman–Crippen MR) is 122 cm³/mol. The third-order valence-electron chi connectivity index (χ3n) is 5.84. The van der Waals surface area contributed by atoms with Crippen LogP contribution in [0.3, 0.4) is 0 Å². The number of hydrogen-bond acceptors (Lipinski definition) is 5. The normalized spacial score (nSPS) is 15.3. The number of para-hydroxylation sites is 2. The summed E-state index contributed by atoms with van der Waals surface area (Å²) in [5.41, 5.74) is 2.48. The van der Waals surface area contributed by atoms with Crippen LogP contribution in [0.25, 0.3) is 0 Å². The van der Waals surface area contributed by atoms with Crippen LogP contribution in [-0.2, 0) is 12.8 Å². The van der Waals surface area contributed by atoms with Gasteiger partial charge in [0.1, 0.15) is 11.5 Å². The molecule has 0 spiro atoms. The van der Waals surface area contributed by atoms with E-state index in [1.54, 1.807) is 7.11 Å². The minimum atomic E-state index is 0.262. The van der Waals surface area contributed by atoms with E-state index in [1.807, 2.05) is 18.2 Å². The summed E-state index contributed by atoms with van der Waals surface area (Å²) in [5.74, 6) is 1.96. The van der Waals surface area contributed by atoms with E-state index in [4.69, 9.17) is 14.6 Å². The number of unbranched alkanes of at least 4 members (excludes halogenated alkanes) is 1. The van der Waals surface area contributed by atoms with Crippen molar-refractivity contribution < 1.29 is 14.6 Å². The van der Waals surface area contributed by atoms with E-state index < -0.39 is 0 Å². The van der Waals surface area contributed by atoms with Crippen molar-refractivity contribution in [3.63, 3.8) is 0 Å². The van der Waals surface area contributed by atoms with Crippen molar-refractivity contribution in [1.29, 1.82) is 0 Å². The molecule has 0 radical (unpaired) electrons. The van der Waals surface area contributed by atoms with Crippen LogP contribution in [0, 0.1) is 0 Å². The molecular weight excluding hydrogens is 376 g/mol. The highest BCUT2D eigenvalue weighted by Gasteiger charge is 2.15. The second-order valence-corrected chi connectivity index (χ2v) is 7.88. The van der Waals surface area contributed by atoms with Crippen molar-refractivity contribution in [2.45, 2.75) is 25.7 Å². The Hall–Kier alpha value is -2.08. The highest BCUT2D eigenvalue weighted by molar-refractivity contribution is 5.37. The van der Waals surface area contributed by atoms with Crippen LogP contribution in [0.1, 0.15) is 24.0 Å². The summed E-state index contributed by atoms with van der Waals surface area (Å²) in [6.07, 6.45) is 4.10. The fourth-order valence-corrected chi connectivity index (χ4v) is 4.03. The molecule has 0 aromatic heterocycles. The molecule has 3 rings (SSSR count). The second kappa shape index (κ2) is 12.6. The highest BCUT2D eigenvalue weighted by atomic mass is 16.5. The molecule has 0 unspecified atom stereocenters. The molecule has 0 atom stereocenters. The summed E-state index contributed by atoms with van der Waals surface area (Å²) in [6.45, 7) is 7.30. The van der Waals surface area contributed by atoms with E-state index in [-0.39, 0.29) is 6.61 Å². The molecule has 1 aliphatic rings. The number of nitrogens with zero attached hydrogens (tertiary/aromatic N) is 2. The smallest absolute Gasteiger partial charge is 0.122 e. The predicted octanol–water partition coefficient (Wildman–Crippen LogP) is 3.25. The summed E-state index contributed by atoms with van der Waals surface area (Å²) in [5, 5.41) is 9.04. The molecule has 1 fully saturated rings. The first kappa shape index (κ1) is 22.6. The van der Waals surface area contributed by atoms with Crippen LogP contribution in [0.2, 0.25) is 0 Å². The number of methoxy groups -OCH3 is 1. The Labute approximate surface area is 181 Å². The second-order valence-electron chi connectivity index (χ2n) is 7.88. The van der Waals surface area contributed by atoms with Crippen LogP contribution in [0.4, 0.5) is 0 Å². The quantitative estimate of drug-likeness (QED) is 0.542. The summed E-state index contributed by atoms with van der Waals surface area (Å²) >= 11 is 0. The summed E-state index contributed by atoms with van der Waals surface area (Å²) in [6, 6.07) is 16.6. The lowest BCUT2D eigenvalue weighted by atomic mass is 10.0. The van der Waals surface area contributed by atoms with E-state index in [0.717, 1.165) is 83.1 Å². The van der Waals surface area contributed by atoms with Gasteiger partial charge in [0.2, 0.25) is 0 Å². The van der Waals surface area contributed by atoms with Crippen LogP contribution >= 0.6 is 0 Å². The molecule has 2 aromatic carbocycles. The number of rotatable bonds is 12. The summed E-state index contributed by atoms with van der Waals surface area (Å²) in [4.78, 5) is 4.86. The van der Waals surface area contributed by atoms with Crippen LogP contribution < -0.4 is 9.47 Å². The molecule has 0 saturated carbocycles. The minimum absolute atomic E-state index is 0.262. The van der Waals surface area contributed by atoms with Crippen LogP contribution in [0.15, 0.2) is 48.5 Å². The number of β-amino-alcohol motifs (C(OH)–C–C–N with tert-alkyl or cyclic N) is 1. The van der Waals surface area contributed by atoms with Gasteiger partial charge in [0.05, 0.1) is 20.3 Å². The number of hydrogen-bond donors (Lipinski definition) is 1. The van der Waals surface area contributed by atoms with Crippen molar-refractivity contribution in [2.24, 2.45) is 0 Å². The van der Waals surface area contributed by atoms with Gasteiger partial charge in [-0.3, -0.25) is 4.90 Å². The number of ether oxygens (including phenoxy) is 2. The standard InChI is InChI=1S/C25H36N2O3/c1-29-24-10-4-2-8-22(24)12-13-23-9-3-5-11-25(23)30-21-7-6-14-26-15-17-27(18-16-26)19-20-28/h2-5,8-11,28H,6-7,12-21H2,1H3. The minimum Gasteiger partial charge on any atom is -0.496 e. The van der Waals surface area contributed by atoms with E-state index in [1.165, 1.54) is 11.1 Å². The van der Waals surface area contributed by atoms with Gasteiger partial charge in [-0.05, 0) is 55.5 Å². The van der Waals surface area contributed by atoms with Gasteiger partial charge in [-0.2, -0.15) is 0 Å². The number of piperazine rings is 1. The van der Waals surface area contributed by atoms with E-state index in [9.17, 15) is 0 Å². The van der Waals surface area contributed by atoms with Gasteiger partial charge in [0.15, 0.2) is 0 Å². The Morgan fingerprint density at radius 3 is 1.97 bits per heavy atom. The van der Waals surface area contributed by atoms with Gasteiger partial charge in [-0.15, -0.1) is 0 Å². The Kier molecular flexibility index (Phi) is 9.48. The fraction of sp³-hybridized carbons (Fsp3) is 0.520. The Bertz CT molecular complexity index is 745. The maximum Gasteiger partial charge on any atom is 0.122 e. The van der Waals surface area contributed by atoms with Crippen LogP contribution in [-0.4, -0.2) is 74.5 Å². The van der Waals surface area contributed by atoms with Gasteiger partial charge < -0.3 is 19.5 Å². The molecule has 5 nitrogen and oxygen atoms in total. The molecular formula is C25H36N2O3. The lowest BCUT2D eigenvalue weighted by molar-refractivity contribution is 0.110. The molecule has 0 aliphatic carbocycles. The molecule has 1 heterocycles. The largest absolute Gasteiger partial charge is 0.496 e. The molecule has 2 aromatic rings. The Morgan fingerprint density at radius 1 is 0.767 bits per heavy atom. The number of aliphatic hydroxyl groups excluding tert-OH is 1. The third kappa shape index (κ3) is 7.01. The van der Waals surface area contributed by atoms with Crippen molar-refractivity contribution in [1.82, 2.24) is 9.80 Å². The van der Waals surface area contributed by atoms with E-state index in [2.05, 4.69) is 40.1 Å². The average Bonchev–Trinajstić information content (AvgIpc) is 2.79. The Morgan fingerprint density at radius 2 is 1.33 bits per heavy atom. The molecule has 1 saturated heterocycles. The van der Waals surface area contributed by atoms with Gasteiger partial charge in [-0.25, -0.2) is 0 Å². The average molecular weight is 413 g/mol. The van der Waals surface area contributed by atoms with Crippen molar-refractivity contribution in [3.05, 3.63) is 59.7 Å². The van der Waals surface area contributed by atoms with Crippen LogP contribution in [0.5, 0.6) is 11.5 Å². The first-order valence-electron chi connectivity index (χ1n) is 11.2. The molecule has 0 amide bonds. The molecule has 164 valence electrons. The lowest BCUT2D eigenvalue weighted by Gasteiger charge is -2.34. The maximum absolute atomic E-state index is 9.04. The fourth-order valence-electron chi connectivity index (χ4n) is 4.03. The third-order valence-corrected chi connectivity index (χ3v) is 5.84. The monoisotopic (exact) mass is 412 g/mol. The zero-order valence-corrected chi connectivity index (χ0v) is 18.3. The van der Waals surface area contributed by atoms with Crippen molar-refractivity contribution in [2.75, 3.05) is 59.6 Å². The number of aliphatic hydroxyl groups is 1. The summed E-state index contributed by atoms with van der Waals surface area (Å²) in [7, 11) is 1.73. The van der Waals surface area contributed by atoms with E-state index in [0.29, 0.717) is 0 Å². The zero-order valence-electron chi connectivity index (χ0n) is 18.3. The van der Waals surface area contributed by atoms with Crippen molar-refractivity contribution >= 4 is 0 Å². The molecule has 5 heteroatoms. The SMILES string of the molecule is COc1ccccc1CCc1ccccc1OCCCCN1CCN(CCO)CC1. The van der Waals surface area contributed by atoms with Gasteiger partial charge >= 0.3 is 0 Å².